The summed E-state index contributed by atoms with van der Waals surface area (Å²) in [5.74, 6) is 0. The van der Waals surface area contributed by atoms with Crippen molar-refractivity contribution in [3.8, 4) is 0 Å². The van der Waals surface area contributed by atoms with E-state index in [1.165, 1.54) is 11.9 Å². The van der Waals surface area contributed by atoms with Crippen molar-refractivity contribution in [2.45, 2.75) is 10.1 Å². The van der Waals surface area contributed by atoms with Crippen LogP contribution >= 0.6 is 35.6 Å². The van der Waals surface area contributed by atoms with Crippen molar-refractivity contribution in [3.05, 3.63) is 47.5 Å². The average Bonchev–Trinajstić information content (AvgIpc) is 2.98. The van der Waals surface area contributed by atoms with E-state index in [9.17, 15) is 0 Å². The van der Waals surface area contributed by atoms with E-state index in [1.807, 2.05) is 42.5 Å². The molecule has 1 heterocycles. The molecular formula is C14H14ClN3O2S2. The van der Waals surface area contributed by atoms with Crippen LogP contribution < -0.4 is 4.72 Å². The molecule has 0 radical (unpaired) electrons. The number of hydrogen-bond donors (Lipinski definition) is 4. The monoisotopic (exact) mass is 355 g/mol. The van der Waals surface area contributed by atoms with Crippen molar-refractivity contribution in [1.29, 1.82) is 0 Å². The molecule has 5 nitrogen and oxygen atoms in total. The first-order valence-electron chi connectivity index (χ1n) is 6.19. The smallest absolute Gasteiger partial charge is 0.193 e. The molecule has 0 aliphatic carbocycles. The molecule has 3 rings (SSSR count). The number of nitrogens with one attached hydrogen (secondary N) is 2. The highest BCUT2D eigenvalue weighted by Crippen LogP contribution is 2.26. The van der Waals surface area contributed by atoms with E-state index in [-0.39, 0.29) is 0 Å². The molecule has 0 spiro atoms. The van der Waals surface area contributed by atoms with Crippen molar-refractivity contribution in [2.24, 2.45) is 0 Å². The second-order valence-electron chi connectivity index (χ2n) is 4.02. The molecule has 0 aliphatic heterocycles. The topological polar surface area (TPSA) is 81.2 Å². The summed E-state index contributed by atoms with van der Waals surface area (Å²) in [6.45, 7) is 0. The Labute approximate surface area is 141 Å². The number of imidazole rings is 1. The van der Waals surface area contributed by atoms with Gasteiger partial charge in [0.15, 0.2) is 5.16 Å². The summed E-state index contributed by atoms with van der Waals surface area (Å²) in [6, 6.07) is 13.4. The third-order valence-electron chi connectivity index (χ3n) is 2.65. The minimum absolute atomic E-state index is 0.493. The van der Waals surface area contributed by atoms with Crippen LogP contribution in [0.2, 0.25) is 5.02 Å². The van der Waals surface area contributed by atoms with Gasteiger partial charge in [0.1, 0.15) is 0 Å². The number of anilines is 1. The van der Waals surface area contributed by atoms with E-state index >= 15 is 0 Å². The first-order valence-corrected chi connectivity index (χ1v) is 8.16. The molecule has 0 bridgehead atoms. The fourth-order valence-electron chi connectivity index (χ4n) is 1.71. The van der Waals surface area contributed by atoms with Crippen LogP contribution in [0.15, 0.2) is 52.5 Å². The second-order valence-corrected chi connectivity index (χ2v) is 5.91. The number of H-pyrrole nitrogens is 1. The number of aromatic nitrogens is 2. The van der Waals surface area contributed by atoms with Crippen LogP contribution in [-0.2, 0) is 0 Å². The maximum absolute atomic E-state index is 8.98. The lowest BCUT2D eigenvalue weighted by atomic mass is 10.3. The number of fused-ring (bicyclic) bond motifs is 1. The van der Waals surface area contributed by atoms with Gasteiger partial charge in [0.05, 0.1) is 23.1 Å². The van der Waals surface area contributed by atoms with Gasteiger partial charge in [-0.25, -0.2) is 4.98 Å². The van der Waals surface area contributed by atoms with Gasteiger partial charge in [0.25, 0.3) is 0 Å². The summed E-state index contributed by atoms with van der Waals surface area (Å²) in [5, 5.41) is 8.21. The van der Waals surface area contributed by atoms with Gasteiger partial charge in [0.2, 0.25) is 0 Å². The van der Waals surface area contributed by atoms with Gasteiger partial charge >= 0.3 is 0 Å². The van der Waals surface area contributed by atoms with Crippen LogP contribution in [0, 0.1) is 0 Å². The number of hydrogen-bond acceptors (Lipinski definition) is 6. The Morgan fingerprint density at radius 1 is 1.14 bits per heavy atom. The van der Waals surface area contributed by atoms with Crippen molar-refractivity contribution in [2.75, 3.05) is 11.8 Å². The summed E-state index contributed by atoms with van der Waals surface area (Å²) in [4.78, 5) is 8.29. The second kappa shape index (κ2) is 8.30. The fraction of sp³-hybridized carbons (Fsp3) is 0.0714. The standard InChI is InChI=1S/C13H10ClN3OS2.CH4O/c14-8-1-3-9(4-2-8)17-19-10-5-6-11-12(7-10)16-13(15-11)20-18;1-2/h1-7,17-18H,(H,15,16);2H,1H3. The summed E-state index contributed by atoms with van der Waals surface area (Å²) in [7, 11) is 1.00. The zero-order valence-corrected chi connectivity index (χ0v) is 14.0. The highest BCUT2D eigenvalue weighted by molar-refractivity contribution is 8.00. The number of rotatable bonds is 4. The normalized spacial score (nSPS) is 10.2. The predicted molar refractivity (Wildman–Crippen MR) is 93.7 cm³/mol. The number of nitrogens with zero attached hydrogens (tertiary/aromatic N) is 1. The van der Waals surface area contributed by atoms with E-state index in [4.69, 9.17) is 21.3 Å². The third-order valence-corrected chi connectivity index (χ3v) is 4.09. The van der Waals surface area contributed by atoms with Crippen molar-refractivity contribution in [3.63, 3.8) is 0 Å². The van der Waals surface area contributed by atoms with Gasteiger partial charge in [-0.15, -0.1) is 0 Å². The van der Waals surface area contributed by atoms with E-state index in [0.29, 0.717) is 22.2 Å². The predicted octanol–water partition coefficient (Wildman–Crippen LogP) is 4.51. The first-order chi connectivity index (χ1) is 10.7. The van der Waals surface area contributed by atoms with Gasteiger partial charge in [0, 0.05) is 22.7 Å². The zero-order chi connectivity index (χ0) is 15.9. The molecule has 0 saturated carbocycles. The Hall–Kier alpha value is -1.38. The number of aliphatic hydroxyl groups is 1. The van der Waals surface area contributed by atoms with Crippen molar-refractivity contribution < 1.29 is 9.66 Å². The molecule has 0 saturated heterocycles. The molecule has 1 aromatic heterocycles. The Balaban J connectivity index is 0.000000847. The summed E-state index contributed by atoms with van der Waals surface area (Å²) >= 11 is 7.95. The third kappa shape index (κ3) is 4.31. The minimum atomic E-state index is 0.493. The van der Waals surface area contributed by atoms with E-state index in [0.717, 1.165) is 28.7 Å². The summed E-state index contributed by atoms with van der Waals surface area (Å²) < 4.78 is 12.2. The zero-order valence-electron chi connectivity index (χ0n) is 11.6. The summed E-state index contributed by atoms with van der Waals surface area (Å²) in [6.07, 6.45) is 0. The molecule has 0 fully saturated rings. The number of halogens is 1. The Morgan fingerprint density at radius 3 is 2.55 bits per heavy atom. The first kappa shape index (κ1) is 17.0. The van der Waals surface area contributed by atoms with Crippen LogP contribution in [0.25, 0.3) is 11.0 Å². The molecule has 2 aromatic carbocycles. The van der Waals surface area contributed by atoms with Gasteiger partial charge in [-0.1, -0.05) is 11.6 Å². The Kier molecular flexibility index (Phi) is 6.41. The molecular weight excluding hydrogens is 342 g/mol. The molecule has 4 N–H and O–H groups in total. The molecule has 3 aromatic rings. The van der Waals surface area contributed by atoms with Gasteiger partial charge in [-0.2, -0.15) is 0 Å². The minimum Gasteiger partial charge on any atom is -0.400 e. The Morgan fingerprint density at radius 2 is 1.86 bits per heavy atom. The van der Waals surface area contributed by atoms with E-state index in [2.05, 4.69) is 14.7 Å². The van der Waals surface area contributed by atoms with Crippen molar-refractivity contribution >= 4 is 52.3 Å². The van der Waals surface area contributed by atoms with Crippen LogP contribution in [0.5, 0.6) is 0 Å². The van der Waals surface area contributed by atoms with Gasteiger partial charge in [-0.3, -0.25) is 0 Å². The van der Waals surface area contributed by atoms with Gasteiger partial charge in [-0.05, 0) is 54.4 Å². The molecule has 0 aliphatic rings. The van der Waals surface area contributed by atoms with Crippen LogP contribution in [0.4, 0.5) is 5.69 Å². The van der Waals surface area contributed by atoms with Crippen LogP contribution in [0.3, 0.4) is 0 Å². The molecule has 22 heavy (non-hydrogen) atoms. The highest BCUT2D eigenvalue weighted by Gasteiger charge is 2.04. The van der Waals surface area contributed by atoms with E-state index < -0.39 is 0 Å². The maximum atomic E-state index is 8.98. The lowest BCUT2D eigenvalue weighted by molar-refractivity contribution is 0.399. The van der Waals surface area contributed by atoms with Crippen LogP contribution in [0.1, 0.15) is 0 Å². The number of benzene rings is 2. The molecule has 0 amide bonds. The number of aromatic amines is 1. The SMILES string of the molecule is CO.OSc1nc2ccc(SNc3ccc(Cl)cc3)cc2[nH]1. The van der Waals surface area contributed by atoms with Crippen molar-refractivity contribution in [1.82, 2.24) is 9.97 Å². The fourth-order valence-corrected chi connectivity index (χ4v) is 2.81. The average molecular weight is 356 g/mol. The Bertz CT molecular complexity index is 735. The molecule has 0 unspecified atom stereocenters. The lowest BCUT2D eigenvalue weighted by Crippen LogP contribution is -1.86. The van der Waals surface area contributed by atoms with Crippen LogP contribution in [-0.4, -0.2) is 26.7 Å². The molecule has 0 atom stereocenters. The largest absolute Gasteiger partial charge is 0.400 e. The molecule has 116 valence electrons. The lowest BCUT2D eigenvalue weighted by Gasteiger charge is -2.05. The number of aliphatic hydroxyl groups excluding tert-OH is 1. The summed E-state index contributed by atoms with van der Waals surface area (Å²) in [5.41, 5.74) is 2.71. The van der Waals surface area contributed by atoms with E-state index in [1.54, 1.807) is 0 Å². The highest BCUT2D eigenvalue weighted by atomic mass is 35.5. The van der Waals surface area contributed by atoms with Gasteiger partial charge < -0.3 is 19.4 Å². The maximum Gasteiger partial charge on any atom is 0.193 e. The quantitative estimate of drug-likeness (QED) is 0.407. The molecule has 8 heteroatoms.